The molecule has 0 saturated carbocycles. The average molecular weight is 871 g/mol. The third-order valence-corrected chi connectivity index (χ3v) is 11.3. The second-order valence-electron chi connectivity index (χ2n) is 16.6. The van der Waals surface area contributed by atoms with Crippen LogP contribution in [0.1, 0.15) is 159 Å². The highest BCUT2D eigenvalue weighted by Crippen LogP contribution is 2.36. The molecule has 0 unspecified atom stereocenters. The van der Waals surface area contributed by atoms with Crippen molar-refractivity contribution in [3.63, 3.8) is 0 Å². The van der Waals surface area contributed by atoms with Gasteiger partial charge in [0, 0.05) is 33.4 Å². The van der Waals surface area contributed by atoms with E-state index in [2.05, 4.69) is 92.7 Å². The predicted octanol–water partition coefficient (Wildman–Crippen LogP) is 11.9. The first-order valence-electron chi connectivity index (χ1n) is 22.8. The van der Waals surface area contributed by atoms with E-state index in [0.717, 1.165) is 86.0 Å². The van der Waals surface area contributed by atoms with Crippen LogP contribution in [0.2, 0.25) is 0 Å². The summed E-state index contributed by atoms with van der Waals surface area (Å²) in [5.74, 6) is 22.3. The number of hydrogen-bond donors (Lipinski definition) is 0. The van der Waals surface area contributed by atoms with Crippen molar-refractivity contribution in [3.05, 3.63) is 193 Å². The molecular formula is C60H54O6. The Hall–Kier alpha value is -7.59. The van der Waals surface area contributed by atoms with Crippen LogP contribution in [0.5, 0.6) is 17.2 Å². The van der Waals surface area contributed by atoms with Gasteiger partial charge in [-0.3, -0.25) is 14.4 Å². The molecule has 0 N–H and O–H groups in total. The van der Waals surface area contributed by atoms with E-state index in [1.807, 2.05) is 54.6 Å². The van der Waals surface area contributed by atoms with Gasteiger partial charge in [-0.2, -0.15) is 0 Å². The van der Waals surface area contributed by atoms with Crippen LogP contribution in [-0.2, 0) is 19.3 Å². The van der Waals surface area contributed by atoms with Crippen molar-refractivity contribution in [2.45, 2.75) is 80.1 Å². The average Bonchev–Trinajstić information content (AvgIpc) is 3.37. The maximum atomic E-state index is 12.2. The van der Waals surface area contributed by atoms with Crippen LogP contribution < -0.4 is 14.2 Å². The Kier molecular flexibility index (Phi) is 15.4. The van der Waals surface area contributed by atoms with Crippen molar-refractivity contribution in [1.29, 1.82) is 0 Å². The molecular weight excluding hydrogens is 817 g/mol. The quantitative estimate of drug-likeness (QED) is 0.0899. The molecule has 66 heavy (non-hydrogen) atoms. The molecule has 6 nitrogen and oxygen atoms in total. The van der Waals surface area contributed by atoms with E-state index in [4.69, 9.17) is 14.2 Å². The second kappa shape index (κ2) is 21.9. The lowest BCUT2D eigenvalue weighted by atomic mass is 9.92. The van der Waals surface area contributed by atoms with E-state index in [0.29, 0.717) is 73.0 Å². The molecule has 1 aliphatic rings. The van der Waals surface area contributed by atoms with Crippen LogP contribution in [-0.4, -0.2) is 37.2 Å². The van der Waals surface area contributed by atoms with Gasteiger partial charge in [-0.15, -0.1) is 0 Å². The van der Waals surface area contributed by atoms with E-state index in [1.54, 1.807) is 39.0 Å². The van der Waals surface area contributed by atoms with Crippen LogP contribution >= 0.6 is 0 Å². The fourth-order valence-corrected chi connectivity index (χ4v) is 7.76. The van der Waals surface area contributed by atoms with Crippen LogP contribution in [0, 0.1) is 35.5 Å². The summed E-state index contributed by atoms with van der Waals surface area (Å²) in [5, 5.41) is 0. The maximum Gasteiger partial charge on any atom is 0.159 e. The number of Topliss-reactive ketones (excluding diaryl/α,β-unsaturated/α-hetero) is 3. The van der Waals surface area contributed by atoms with Gasteiger partial charge in [-0.05, 0) is 165 Å². The first-order chi connectivity index (χ1) is 32.0. The smallest absolute Gasteiger partial charge is 0.159 e. The summed E-state index contributed by atoms with van der Waals surface area (Å²) in [6.07, 6.45) is 4.26. The first-order valence-corrected chi connectivity index (χ1v) is 22.8. The number of fused-ring (bicyclic) bond motifs is 3. The normalized spacial score (nSPS) is 11.2. The molecule has 0 atom stereocenters. The largest absolute Gasteiger partial charge is 0.492 e. The standard InChI is InChI=1S/C60H54O6/c1-7-25-64-58-37-55-34-53-32-50(23-20-44-14-11-17-47(29-44)41(5)62)60(66-27-9-3)39-57(53)36-54-33-51(24-21-45-15-12-18-48(30-45)42(6)63)59(65-26-8-2)38-56(54)35-52(55)31-49(58)22-19-43-13-10-16-46(28-43)40(4)61/h10-18,28-33,37-39H,7-9,25-27,34-36H2,1-6H3. The van der Waals surface area contributed by atoms with Crippen molar-refractivity contribution in [2.75, 3.05) is 19.8 Å². The minimum atomic E-state index is -0.0132. The van der Waals surface area contributed by atoms with E-state index in [-0.39, 0.29) is 17.3 Å². The highest BCUT2D eigenvalue weighted by molar-refractivity contribution is 5.95. The number of carbonyl (C=O) groups excluding carboxylic acids is 3. The predicted molar refractivity (Wildman–Crippen MR) is 262 cm³/mol. The molecule has 0 radical (unpaired) electrons. The zero-order valence-electron chi connectivity index (χ0n) is 38.7. The number of carbonyl (C=O) groups is 3. The number of ketones is 3. The Morgan fingerprint density at radius 2 is 0.667 bits per heavy atom. The van der Waals surface area contributed by atoms with Crippen LogP contribution in [0.3, 0.4) is 0 Å². The van der Waals surface area contributed by atoms with Gasteiger partial charge in [-0.25, -0.2) is 0 Å². The molecule has 0 saturated heterocycles. The zero-order valence-corrected chi connectivity index (χ0v) is 38.7. The highest BCUT2D eigenvalue weighted by Gasteiger charge is 2.22. The summed E-state index contributed by atoms with van der Waals surface area (Å²) in [7, 11) is 0. The van der Waals surface area contributed by atoms with Crippen molar-refractivity contribution < 1.29 is 28.6 Å². The molecule has 0 heterocycles. The van der Waals surface area contributed by atoms with E-state index >= 15 is 0 Å². The molecule has 0 aromatic heterocycles. The Labute approximate surface area is 389 Å². The fraction of sp³-hybridized carbons (Fsp3) is 0.250. The molecule has 6 heteroatoms. The monoisotopic (exact) mass is 870 g/mol. The topological polar surface area (TPSA) is 78.9 Å². The molecule has 6 aromatic carbocycles. The molecule has 0 aliphatic heterocycles. The van der Waals surface area contributed by atoms with Crippen molar-refractivity contribution in [1.82, 2.24) is 0 Å². The molecule has 0 bridgehead atoms. The van der Waals surface area contributed by atoms with Crippen molar-refractivity contribution in [2.24, 2.45) is 0 Å². The SMILES string of the molecule is CCCOc1cc2c(cc1C#Cc1cccc(C(C)=O)c1)Cc1cc(OCCC)c(C#Cc3cccc(C(C)=O)c3)cc1Cc1cc(OCCC)c(C#Cc3cccc(C(C)=O)c3)cc1C2. The Morgan fingerprint density at radius 3 is 0.924 bits per heavy atom. The van der Waals surface area contributed by atoms with Gasteiger partial charge in [-0.1, -0.05) is 92.7 Å². The summed E-state index contributed by atoms with van der Waals surface area (Å²) >= 11 is 0. The third kappa shape index (κ3) is 11.7. The molecule has 1 aliphatic carbocycles. The highest BCUT2D eigenvalue weighted by atomic mass is 16.5. The number of benzene rings is 6. The molecule has 7 rings (SSSR count). The second-order valence-corrected chi connectivity index (χ2v) is 16.6. The van der Waals surface area contributed by atoms with Crippen molar-refractivity contribution in [3.8, 4) is 52.8 Å². The fourth-order valence-electron chi connectivity index (χ4n) is 7.76. The lowest BCUT2D eigenvalue weighted by Crippen LogP contribution is -2.05. The zero-order chi connectivity index (χ0) is 46.6. The molecule has 0 fully saturated rings. The molecule has 0 amide bonds. The lowest BCUT2D eigenvalue weighted by Gasteiger charge is -2.17. The molecule has 330 valence electrons. The molecule has 6 aromatic rings. The third-order valence-electron chi connectivity index (χ3n) is 11.3. The number of ether oxygens (including phenoxy) is 3. The maximum absolute atomic E-state index is 12.2. The van der Waals surface area contributed by atoms with Gasteiger partial charge in [0.2, 0.25) is 0 Å². The van der Waals surface area contributed by atoms with Crippen molar-refractivity contribution >= 4 is 17.3 Å². The summed E-state index contributed by atoms with van der Waals surface area (Å²) < 4.78 is 19.4. The van der Waals surface area contributed by atoms with E-state index in [9.17, 15) is 14.4 Å². The minimum absolute atomic E-state index is 0.0132. The van der Waals surface area contributed by atoms with Gasteiger partial charge in [0.25, 0.3) is 0 Å². The van der Waals surface area contributed by atoms with Crippen LogP contribution in [0.15, 0.2) is 109 Å². The summed E-state index contributed by atoms with van der Waals surface area (Å²) in [6, 6.07) is 35.1. The van der Waals surface area contributed by atoms with E-state index in [1.165, 1.54) is 0 Å². The summed E-state index contributed by atoms with van der Waals surface area (Å²) in [4.78, 5) is 36.7. The van der Waals surface area contributed by atoms with Crippen LogP contribution in [0.25, 0.3) is 0 Å². The van der Waals surface area contributed by atoms with Gasteiger partial charge >= 0.3 is 0 Å². The molecule has 0 spiro atoms. The number of hydrogen-bond acceptors (Lipinski definition) is 6. The minimum Gasteiger partial charge on any atom is -0.492 e. The first kappa shape index (κ1) is 46.4. The van der Waals surface area contributed by atoms with E-state index < -0.39 is 0 Å². The summed E-state index contributed by atoms with van der Waals surface area (Å²) in [6.45, 7) is 12.5. The van der Waals surface area contributed by atoms with Gasteiger partial charge < -0.3 is 14.2 Å². The Morgan fingerprint density at radius 1 is 0.394 bits per heavy atom. The van der Waals surface area contributed by atoms with Gasteiger partial charge in [0.05, 0.1) is 36.5 Å². The Bertz CT molecular complexity index is 2700. The van der Waals surface area contributed by atoms with Crippen LogP contribution in [0.4, 0.5) is 0 Å². The summed E-state index contributed by atoms with van der Waals surface area (Å²) in [5.41, 5.74) is 12.9. The van der Waals surface area contributed by atoms with Gasteiger partial charge in [0.15, 0.2) is 17.3 Å². The van der Waals surface area contributed by atoms with Gasteiger partial charge in [0.1, 0.15) is 17.2 Å². The lowest BCUT2D eigenvalue weighted by molar-refractivity contribution is 0.100. The number of rotatable bonds is 12. The Balaban J connectivity index is 1.44.